The van der Waals surface area contributed by atoms with E-state index in [2.05, 4.69) is 4.98 Å². The first-order valence-electron chi connectivity index (χ1n) is 5.83. The number of amides is 1. The van der Waals surface area contributed by atoms with Crippen molar-refractivity contribution < 1.29 is 4.79 Å². The number of pyridine rings is 1. The lowest BCUT2D eigenvalue weighted by Gasteiger charge is -2.11. The summed E-state index contributed by atoms with van der Waals surface area (Å²) in [7, 11) is 3.51. The van der Waals surface area contributed by atoms with Crippen LogP contribution in [0, 0.1) is 6.92 Å². The zero-order valence-electron chi connectivity index (χ0n) is 10.8. The van der Waals surface area contributed by atoms with Crippen LogP contribution in [0.1, 0.15) is 16.1 Å². The Balaban J connectivity index is 2.45. The highest BCUT2D eigenvalue weighted by Gasteiger charge is 2.09. The van der Waals surface area contributed by atoms with Crippen LogP contribution in [-0.2, 0) is 0 Å². The van der Waals surface area contributed by atoms with E-state index in [0.717, 1.165) is 16.8 Å². The van der Waals surface area contributed by atoms with E-state index in [4.69, 9.17) is 0 Å². The third kappa shape index (κ3) is 2.40. The lowest BCUT2D eigenvalue weighted by Crippen LogP contribution is -2.21. The van der Waals surface area contributed by atoms with Gasteiger partial charge in [0.25, 0.3) is 5.91 Å². The fourth-order valence-corrected chi connectivity index (χ4v) is 1.87. The number of rotatable bonds is 2. The van der Waals surface area contributed by atoms with Gasteiger partial charge in [-0.2, -0.15) is 0 Å². The third-order valence-electron chi connectivity index (χ3n) is 2.83. The second-order valence-corrected chi connectivity index (χ2v) is 4.42. The molecule has 0 aliphatic heterocycles. The average Bonchev–Trinajstić information content (AvgIpc) is 2.38. The van der Waals surface area contributed by atoms with Gasteiger partial charge in [-0.05, 0) is 30.7 Å². The Kier molecular flexibility index (Phi) is 3.42. The van der Waals surface area contributed by atoms with Crippen LogP contribution in [0.25, 0.3) is 11.1 Å². The van der Waals surface area contributed by atoms with Crippen LogP contribution >= 0.6 is 0 Å². The summed E-state index contributed by atoms with van der Waals surface area (Å²) < 4.78 is 0. The number of benzene rings is 1. The van der Waals surface area contributed by atoms with Gasteiger partial charge in [-0.1, -0.05) is 18.2 Å². The molecule has 0 unspecified atom stereocenters. The molecule has 0 spiro atoms. The Bertz CT molecular complexity index is 576. The van der Waals surface area contributed by atoms with E-state index >= 15 is 0 Å². The molecule has 2 aromatic rings. The Hall–Kier alpha value is -2.16. The van der Waals surface area contributed by atoms with Crippen molar-refractivity contribution in [2.24, 2.45) is 0 Å². The van der Waals surface area contributed by atoms with Crippen LogP contribution in [0.5, 0.6) is 0 Å². The molecule has 0 bridgehead atoms. The van der Waals surface area contributed by atoms with Gasteiger partial charge in [0.1, 0.15) is 0 Å². The van der Waals surface area contributed by atoms with Crippen molar-refractivity contribution in [3.63, 3.8) is 0 Å². The van der Waals surface area contributed by atoms with Gasteiger partial charge in [-0.25, -0.2) is 0 Å². The molecule has 0 saturated carbocycles. The average molecular weight is 240 g/mol. The molecule has 0 aliphatic carbocycles. The third-order valence-corrected chi connectivity index (χ3v) is 2.83. The van der Waals surface area contributed by atoms with E-state index in [-0.39, 0.29) is 5.91 Å². The molecule has 2 rings (SSSR count). The second kappa shape index (κ2) is 5.00. The smallest absolute Gasteiger partial charge is 0.253 e. The van der Waals surface area contributed by atoms with Crippen LogP contribution in [0.2, 0.25) is 0 Å². The predicted molar refractivity (Wildman–Crippen MR) is 72.4 cm³/mol. The van der Waals surface area contributed by atoms with Gasteiger partial charge in [0, 0.05) is 37.1 Å². The predicted octanol–water partition coefficient (Wildman–Crippen LogP) is 2.76. The molecule has 92 valence electrons. The minimum Gasteiger partial charge on any atom is -0.345 e. The molecule has 3 heteroatoms. The van der Waals surface area contributed by atoms with Crippen LogP contribution in [0.15, 0.2) is 42.6 Å². The van der Waals surface area contributed by atoms with Crippen LogP contribution < -0.4 is 0 Å². The maximum Gasteiger partial charge on any atom is 0.253 e. The Morgan fingerprint density at radius 3 is 2.61 bits per heavy atom. The van der Waals surface area contributed by atoms with Crippen molar-refractivity contribution in [1.29, 1.82) is 0 Å². The van der Waals surface area contributed by atoms with Gasteiger partial charge in [-0.15, -0.1) is 0 Å². The van der Waals surface area contributed by atoms with Gasteiger partial charge in [0.2, 0.25) is 0 Å². The van der Waals surface area contributed by atoms with Crippen LogP contribution in [-0.4, -0.2) is 29.9 Å². The van der Waals surface area contributed by atoms with E-state index in [0.29, 0.717) is 5.56 Å². The number of carbonyl (C=O) groups excluding carboxylic acids is 1. The summed E-state index contributed by atoms with van der Waals surface area (Å²) in [4.78, 5) is 17.8. The van der Waals surface area contributed by atoms with E-state index in [1.54, 1.807) is 25.2 Å². The van der Waals surface area contributed by atoms with Gasteiger partial charge >= 0.3 is 0 Å². The van der Waals surface area contributed by atoms with Gasteiger partial charge < -0.3 is 4.90 Å². The monoisotopic (exact) mass is 240 g/mol. The van der Waals surface area contributed by atoms with E-state index in [1.165, 1.54) is 0 Å². The standard InChI is InChI=1S/C15H16N2O/c1-11-14(8-5-9-16-11)12-6-4-7-13(10-12)15(18)17(2)3/h4-10H,1-3H3. The van der Waals surface area contributed by atoms with Crippen LogP contribution in [0.3, 0.4) is 0 Å². The molecule has 0 fully saturated rings. The highest BCUT2D eigenvalue weighted by atomic mass is 16.2. The summed E-state index contributed by atoms with van der Waals surface area (Å²) in [5.74, 6) is 0.0124. The molecule has 1 amide bonds. The molecule has 0 aliphatic rings. The summed E-state index contributed by atoms with van der Waals surface area (Å²) in [6, 6.07) is 11.6. The highest BCUT2D eigenvalue weighted by Crippen LogP contribution is 2.22. The van der Waals surface area contributed by atoms with E-state index in [9.17, 15) is 4.79 Å². The summed E-state index contributed by atoms with van der Waals surface area (Å²) in [6.07, 6.45) is 1.77. The first kappa shape index (κ1) is 12.3. The normalized spacial score (nSPS) is 10.2. The number of nitrogens with zero attached hydrogens (tertiary/aromatic N) is 2. The second-order valence-electron chi connectivity index (χ2n) is 4.42. The number of carbonyl (C=O) groups is 1. The molecule has 1 heterocycles. The molecule has 0 N–H and O–H groups in total. The molecule has 0 atom stereocenters. The zero-order valence-corrected chi connectivity index (χ0v) is 10.8. The maximum absolute atomic E-state index is 11.9. The summed E-state index contributed by atoms with van der Waals surface area (Å²) in [6.45, 7) is 1.97. The largest absolute Gasteiger partial charge is 0.345 e. The Labute approximate surface area is 107 Å². The molecular weight excluding hydrogens is 224 g/mol. The lowest BCUT2D eigenvalue weighted by atomic mass is 10.0. The molecule has 0 saturated heterocycles. The Morgan fingerprint density at radius 2 is 1.94 bits per heavy atom. The first-order chi connectivity index (χ1) is 8.59. The summed E-state index contributed by atoms with van der Waals surface area (Å²) >= 11 is 0. The molecule has 18 heavy (non-hydrogen) atoms. The number of hydrogen-bond acceptors (Lipinski definition) is 2. The van der Waals surface area contributed by atoms with Crippen molar-refractivity contribution >= 4 is 5.91 Å². The molecule has 1 aromatic carbocycles. The van der Waals surface area contributed by atoms with Crippen molar-refractivity contribution in [1.82, 2.24) is 9.88 Å². The SMILES string of the molecule is Cc1ncccc1-c1cccc(C(=O)N(C)C)c1. The summed E-state index contributed by atoms with van der Waals surface area (Å²) in [5.41, 5.74) is 3.74. The molecule has 3 nitrogen and oxygen atoms in total. The number of aromatic nitrogens is 1. The van der Waals surface area contributed by atoms with Crippen molar-refractivity contribution in [2.45, 2.75) is 6.92 Å². The molecular formula is C15H16N2O. The van der Waals surface area contributed by atoms with E-state index in [1.807, 2.05) is 43.3 Å². The molecule has 1 aromatic heterocycles. The van der Waals surface area contributed by atoms with Crippen molar-refractivity contribution in [2.75, 3.05) is 14.1 Å². The quantitative estimate of drug-likeness (QED) is 0.808. The van der Waals surface area contributed by atoms with E-state index < -0.39 is 0 Å². The van der Waals surface area contributed by atoms with Gasteiger partial charge in [0.05, 0.1) is 0 Å². The van der Waals surface area contributed by atoms with Gasteiger partial charge in [-0.3, -0.25) is 9.78 Å². The fourth-order valence-electron chi connectivity index (χ4n) is 1.87. The molecule has 0 radical (unpaired) electrons. The summed E-state index contributed by atoms with van der Waals surface area (Å²) in [5, 5.41) is 0. The van der Waals surface area contributed by atoms with Crippen LogP contribution in [0.4, 0.5) is 0 Å². The first-order valence-corrected chi connectivity index (χ1v) is 5.83. The van der Waals surface area contributed by atoms with Crippen molar-refractivity contribution in [3.8, 4) is 11.1 Å². The lowest BCUT2D eigenvalue weighted by molar-refractivity contribution is 0.0827. The Morgan fingerprint density at radius 1 is 1.17 bits per heavy atom. The minimum absolute atomic E-state index is 0.0124. The number of aryl methyl sites for hydroxylation is 1. The highest BCUT2D eigenvalue weighted by molar-refractivity contribution is 5.95. The van der Waals surface area contributed by atoms with Gasteiger partial charge in [0.15, 0.2) is 0 Å². The maximum atomic E-state index is 11.9. The zero-order chi connectivity index (χ0) is 13.1. The minimum atomic E-state index is 0.0124. The topological polar surface area (TPSA) is 33.2 Å². The van der Waals surface area contributed by atoms with Crippen molar-refractivity contribution in [3.05, 3.63) is 53.9 Å². The number of hydrogen-bond donors (Lipinski definition) is 0. The fraction of sp³-hybridized carbons (Fsp3) is 0.200.